The molecule has 4 rings (SSSR count). The first-order chi connectivity index (χ1) is 6.72. The van der Waals surface area contributed by atoms with E-state index in [0.29, 0.717) is 12.0 Å². The molecule has 14 heavy (non-hydrogen) atoms. The van der Waals surface area contributed by atoms with Crippen LogP contribution in [0.15, 0.2) is 0 Å². The molecule has 0 radical (unpaired) electrons. The van der Waals surface area contributed by atoms with Crippen molar-refractivity contribution in [3.05, 3.63) is 0 Å². The SMILES string of the molecule is NC[C@@H](N)C12CC3CC(CC(C3)C1)C2. The molecule has 4 bridgehead atoms. The Bertz CT molecular complexity index is 201. The van der Waals surface area contributed by atoms with Crippen LogP contribution in [0.3, 0.4) is 0 Å². The summed E-state index contributed by atoms with van der Waals surface area (Å²) in [6.45, 7) is 0.687. The highest BCUT2D eigenvalue weighted by atomic mass is 14.8. The van der Waals surface area contributed by atoms with Crippen molar-refractivity contribution >= 4 is 0 Å². The van der Waals surface area contributed by atoms with Crippen LogP contribution >= 0.6 is 0 Å². The molecule has 4 fully saturated rings. The van der Waals surface area contributed by atoms with Crippen LogP contribution in [-0.4, -0.2) is 12.6 Å². The molecule has 0 unspecified atom stereocenters. The molecule has 4 saturated carbocycles. The molecule has 4 aliphatic carbocycles. The minimum atomic E-state index is 0.274. The summed E-state index contributed by atoms with van der Waals surface area (Å²) in [7, 11) is 0. The highest BCUT2D eigenvalue weighted by Crippen LogP contribution is 2.60. The van der Waals surface area contributed by atoms with Crippen molar-refractivity contribution in [3.8, 4) is 0 Å². The summed E-state index contributed by atoms with van der Waals surface area (Å²) in [6.07, 6.45) is 8.65. The van der Waals surface area contributed by atoms with Gasteiger partial charge in [-0.25, -0.2) is 0 Å². The zero-order valence-corrected chi connectivity index (χ0v) is 8.91. The molecule has 0 aliphatic heterocycles. The third-order valence-electron chi connectivity index (χ3n) is 5.13. The molecule has 4 N–H and O–H groups in total. The highest BCUT2D eigenvalue weighted by Gasteiger charge is 2.52. The molecule has 0 amide bonds. The van der Waals surface area contributed by atoms with Crippen LogP contribution < -0.4 is 11.5 Å². The lowest BCUT2D eigenvalue weighted by atomic mass is 9.48. The standard InChI is InChI=1S/C12H22N2/c13-7-11(14)12-4-8-1-9(5-12)3-10(2-8)6-12/h8-11H,1-7,13-14H2/t8?,9?,10?,11-,12?/m1/s1. The van der Waals surface area contributed by atoms with Gasteiger partial charge in [-0.15, -0.1) is 0 Å². The molecular weight excluding hydrogens is 172 g/mol. The lowest BCUT2D eigenvalue weighted by molar-refractivity contribution is -0.0652. The van der Waals surface area contributed by atoms with Gasteiger partial charge in [0.2, 0.25) is 0 Å². The van der Waals surface area contributed by atoms with Crippen LogP contribution in [0.1, 0.15) is 38.5 Å². The summed E-state index contributed by atoms with van der Waals surface area (Å²) in [6, 6.07) is 0.274. The van der Waals surface area contributed by atoms with Crippen molar-refractivity contribution in [1.29, 1.82) is 0 Å². The molecule has 0 aromatic heterocycles. The minimum Gasteiger partial charge on any atom is -0.329 e. The van der Waals surface area contributed by atoms with E-state index in [1.807, 2.05) is 0 Å². The number of hydrogen-bond donors (Lipinski definition) is 2. The fourth-order valence-electron chi connectivity index (χ4n) is 4.88. The number of hydrogen-bond acceptors (Lipinski definition) is 2. The van der Waals surface area contributed by atoms with E-state index in [0.717, 1.165) is 17.8 Å². The Kier molecular flexibility index (Phi) is 1.94. The van der Waals surface area contributed by atoms with Crippen LogP contribution in [0.5, 0.6) is 0 Å². The topological polar surface area (TPSA) is 52.0 Å². The Morgan fingerprint density at radius 3 is 1.79 bits per heavy atom. The van der Waals surface area contributed by atoms with Crippen molar-refractivity contribution in [2.45, 2.75) is 44.6 Å². The first kappa shape index (κ1) is 9.17. The van der Waals surface area contributed by atoms with Crippen LogP contribution in [0.25, 0.3) is 0 Å². The van der Waals surface area contributed by atoms with Crippen molar-refractivity contribution in [2.75, 3.05) is 6.54 Å². The van der Waals surface area contributed by atoms with E-state index in [4.69, 9.17) is 11.5 Å². The molecule has 2 nitrogen and oxygen atoms in total. The zero-order valence-electron chi connectivity index (χ0n) is 8.91. The van der Waals surface area contributed by atoms with Crippen molar-refractivity contribution in [2.24, 2.45) is 34.6 Å². The lowest BCUT2D eigenvalue weighted by Gasteiger charge is -2.58. The molecule has 0 spiro atoms. The van der Waals surface area contributed by atoms with Gasteiger partial charge in [0.15, 0.2) is 0 Å². The second-order valence-corrected chi connectivity index (χ2v) is 6.12. The Balaban J connectivity index is 1.87. The normalized spacial score (nSPS) is 52.3. The Hall–Kier alpha value is -0.0800. The Morgan fingerprint density at radius 2 is 1.43 bits per heavy atom. The summed E-state index contributed by atoms with van der Waals surface area (Å²) in [4.78, 5) is 0. The smallest absolute Gasteiger partial charge is 0.0220 e. The highest BCUT2D eigenvalue weighted by molar-refractivity contribution is 5.05. The Morgan fingerprint density at radius 1 is 1.00 bits per heavy atom. The maximum atomic E-state index is 6.25. The van der Waals surface area contributed by atoms with E-state index in [1.54, 1.807) is 0 Å². The van der Waals surface area contributed by atoms with Gasteiger partial charge in [0.25, 0.3) is 0 Å². The van der Waals surface area contributed by atoms with Crippen LogP contribution in [0, 0.1) is 23.2 Å². The fraction of sp³-hybridized carbons (Fsp3) is 1.00. The first-order valence-corrected chi connectivity index (χ1v) is 6.17. The number of nitrogens with two attached hydrogens (primary N) is 2. The lowest BCUT2D eigenvalue weighted by Crippen LogP contribution is -2.56. The molecule has 0 aromatic rings. The maximum Gasteiger partial charge on any atom is 0.0220 e. The van der Waals surface area contributed by atoms with Gasteiger partial charge in [-0.2, -0.15) is 0 Å². The molecular formula is C12H22N2. The summed E-state index contributed by atoms with van der Waals surface area (Å²) < 4.78 is 0. The first-order valence-electron chi connectivity index (χ1n) is 6.17. The van der Waals surface area contributed by atoms with Crippen molar-refractivity contribution in [3.63, 3.8) is 0 Å². The van der Waals surface area contributed by atoms with Crippen molar-refractivity contribution in [1.82, 2.24) is 0 Å². The molecule has 1 atom stereocenters. The summed E-state index contributed by atoms with van der Waals surface area (Å²) >= 11 is 0. The van der Waals surface area contributed by atoms with Gasteiger partial charge < -0.3 is 11.5 Å². The molecule has 80 valence electrons. The summed E-state index contributed by atoms with van der Waals surface area (Å²) in [5.74, 6) is 3.00. The average Bonchev–Trinajstić information content (AvgIpc) is 2.14. The summed E-state index contributed by atoms with van der Waals surface area (Å²) in [5.41, 5.74) is 12.5. The van der Waals surface area contributed by atoms with Crippen LogP contribution in [-0.2, 0) is 0 Å². The third kappa shape index (κ3) is 1.17. The van der Waals surface area contributed by atoms with Gasteiger partial charge in [0.1, 0.15) is 0 Å². The average molecular weight is 194 g/mol. The molecule has 2 heteroatoms. The van der Waals surface area contributed by atoms with Gasteiger partial charge >= 0.3 is 0 Å². The van der Waals surface area contributed by atoms with E-state index < -0.39 is 0 Å². The van der Waals surface area contributed by atoms with E-state index in [9.17, 15) is 0 Å². The molecule has 0 heterocycles. The quantitative estimate of drug-likeness (QED) is 0.699. The van der Waals surface area contributed by atoms with Gasteiger partial charge in [-0.1, -0.05) is 0 Å². The predicted octanol–water partition coefficient (Wildman–Crippen LogP) is 1.49. The maximum absolute atomic E-state index is 6.25. The van der Waals surface area contributed by atoms with Gasteiger partial charge in [0, 0.05) is 12.6 Å². The zero-order chi connectivity index (χ0) is 9.76. The molecule has 0 saturated heterocycles. The van der Waals surface area contributed by atoms with Gasteiger partial charge in [-0.3, -0.25) is 0 Å². The largest absolute Gasteiger partial charge is 0.329 e. The monoisotopic (exact) mass is 194 g/mol. The predicted molar refractivity (Wildman–Crippen MR) is 57.6 cm³/mol. The molecule has 0 aromatic carbocycles. The summed E-state index contributed by atoms with van der Waals surface area (Å²) in [5, 5.41) is 0. The fourth-order valence-corrected chi connectivity index (χ4v) is 4.88. The van der Waals surface area contributed by atoms with E-state index in [-0.39, 0.29) is 6.04 Å². The van der Waals surface area contributed by atoms with Crippen LogP contribution in [0.4, 0.5) is 0 Å². The molecule has 4 aliphatic rings. The second kappa shape index (κ2) is 2.96. The van der Waals surface area contributed by atoms with Gasteiger partial charge in [-0.05, 0) is 61.7 Å². The van der Waals surface area contributed by atoms with E-state index >= 15 is 0 Å². The number of rotatable bonds is 2. The van der Waals surface area contributed by atoms with Crippen molar-refractivity contribution < 1.29 is 0 Å². The second-order valence-electron chi connectivity index (χ2n) is 6.12. The van der Waals surface area contributed by atoms with Crippen LogP contribution in [0.2, 0.25) is 0 Å². The third-order valence-corrected chi connectivity index (χ3v) is 5.13. The minimum absolute atomic E-state index is 0.274. The van der Waals surface area contributed by atoms with E-state index in [1.165, 1.54) is 38.5 Å². The van der Waals surface area contributed by atoms with Gasteiger partial charge in [0.05, 0.1) is 0 Å². The Labute approximate surface area is 86.4 Å². The van der Waals surface area contributed by atoms with E-state index in [2.05, 4.69) is 0 Å².